The van der Waals surface area contributed by atoms with Gasteiger partial charge in [-0.3, -0.25) is 0 Å². The molecular formula is C28H34O6. The van der Waals surface area contributed by atoms with E-state index >= 15 is 0 Å². The van der Waals surface area contributed by atoms with Gasteiger partial charge in [-0.25, -0.2) is 0 Å². The maximum absolute atomic E-state index is 6.27. The Labute approximate surface area is 202 Å². The molecule has 0 aliphatic heterocycles. The van der Waals surface area contributed by atoms with Gasteiger partial charge in [0.05, 0.1) is 32.0 Å². The lowest BCUT2D eigenvalue weighted by atomic mass is 10.00. The highest BCUT2D eigenvalue weighted by molar-refractivity contribution is 5.75. The number of hydrogen-bond donors (Lipinski definition) is 0. The summed E-state index contributed by atoms with van der Waals surface area (Å²) in [7, 11) is 1.62. The monoisotopic (exact) mass is 466 g/mol. The average Bonchev–Trinajstić information content (AvgIpc) is 2.86. The number of methoxy groups -OCH3 is 1. The minimum atomic E-state index is -1.69. The number of rotatable bonds is 13. The van der Waals surface area contributed by atoms with Crippen LogP contribution in [0.2, 0.25) is 0 Å². The van der Waals surface area contributed by atoms with Gasteiger partial charge in [-0.15, -0.1) is 4.89 Å². The Morgan fingerprint density at radius 2 is 1.50 bits per heavy atom. The summed E-state index contributed by atoms with van der Waals surface area (Å²) in [6.45, 7) is 8.53. The second-order valence-corrected chi connectivity index (χ2v) is 7.87. The first-order valence-electron chi connectivity index (χ1n) is 11.7. The molecular weight excluding hydrogens is 432 g/mol. The number of hydrogen-bond acceptors (Lipinski definition) is 6. The fourth-order valence-corrected chi connectivity index (χ4v) is 3.53. The molecule has 0 saturated heterocycles. The maximum Gasteiger partial charge on any atom is 0.354 e. The van der Waals surface area contributed by atoms with Crippen LogP contribution in [0.1, 0.15) is 39.7 Å². The Morgan fingerprint density at radius 3 is 2.09 bits per heavy atom. The zero-order chi connectivity index (χ0) is 24.4. The van der Waals surface area contributed by atoms with Gasteiger partial charge in [0.25, 0.3) is 0 Å². The molecule has 6 heteroatoms. The molecule has 0 spiro atoms. The molecule has 0 aliphatic rings. The fourth-order valence-electron chi connectivity index (χ4n) is 3.53. The fraction of sp³-hybridized carbons (Fsp3) is 0.357. The van der Waals surface area contributed by atoms with E-state index in [0.717, 1.165) is 17.5 Å². The molecule has 0 fully saturated rings. The van der Waals surface area contributed by atoms with Gasteiger partial charge in [-0.1, -0.05) is 55.5 Å². The van der Waals surface area contributed by atoms with Gasteiger partial charge >= 0.3 is 5.97 Å². The van der Waals surface area contributed by atoms with Crippen LogP contribution in [0.15, 0.2) is 72.8 Å². The summed E-state index contributed by atoms with van der Waals surface area (Å²) in [6, 6.07) is 23.0. The molecule has 0 bridgehead atoms. The van der Waals surface area contributed by atoms with Crippen molar-refractivity contribution in [2.45, 2.75) is 46.2 Å². The lowest BCUT2D eigenvalue weighted by Gasteiger charge is -2.34. The van der Waals surface area contributed by atoms with Crippen molar-refractivity contribution in [2.75, 3.05) is 20.3 Å². The molecule has 3 aromatic carbocycles. The number of para-hydroxylation sites is 1. The van der Waals surface area contributed by atoms with Gasteiger partial charge in [-0.2, -0.15) is 0 Å². The van der Waals surface area contributed by atoms with Gasteiger partial charge in [-0.05, 0) is 57.0 Å². The van der Waals surface area contributed by atoms with E-state index < -0.39 is 5.97 Å². The van der Waals surface area contributed by atoms with E-state index in [9.17, 15) is 0 Å². The molecule has 0 N–H and O–H groups in total. The maximum atomic E-state index is 6.27. The molecule has 1 unspecified atom stereocenters. The van der Waals surface area contributed by atoms with E-state index in [1.165, 1.54) is 0 Å². The highest BCUT2D eigenvalue weighted by atomic mass is 17.3. The summed E-state index contributed by atoms with van der Waals surface area (Å²) in [4.78, 5) is 11.7. The van der Waals surface area contributed by atoms with E-state index in [0.29, 0.717) is 36.0 Å². The predicted octanol–water partition coefficient (Wildman–Crippen LogP) is 6.73. The summed E-state index contributed by atoms with van der Waals surface area (Å²) >= 11 is 0. The van der Waals surface area contributed by atoms with Gasteiger partial charge in [0.2, 0.25) is 0 Å². The van der Waals surface area contributed by atoms with E-state index in [1.54, 1.807) is 19.2 Å². The van der Waals surface area contributed by atoms with Gasteiger partial charge in [0.1, 0.15) is 0 Å². The zero-order valence-corrected chi connectivity index (χ0v) is 20.6. The molecule has 182 valence electrons. The van der Waals surface area contributed by atoms with Crippen LogP contribution < -0.4 is 14.4 Å². The summed E-state index contributed by atoms with van der Waals surface area (Å²) in [5, 5.41) is 0. The highest BCUT2D eigenvalue weighted by Gasteiger charge is 2.44. The minimum Gasteiger partial charge on any atom is -0.492 e. The van der Waals surface area contributed by atoms with Gasteiger partial charge in [0.15, 0.2) is 17.2 Å². The van der Waals surface area contributed by atoms with Crippen LogP contribution >= 0.6 is 0 Å². The third-order valence-electron chi connectivity index (χ3n) is 4.90. The summed E-state index contributed by atoms with van der Waals surface area (Å²) in [6.07, 6.45) is 0.506. The van der Waals surface area contributed by atoms with Gasteiger partial charge < -0.3 is 23.8 Å². The van der Waals surface area contributed by atoms with Crippen molar-refractivity contribution in [3.63, 3.8) is 0 Å². The second kappa shape index (κ2) is 12.4. The van der Waals surface area contributed by atoms with E-state index in [-0.39, 0.29) is 6.10 Å². The van der Waals surface area contributed by atoms with Crippen LogP contribution in [0.4, 0.5) is 0 Å². The van der Waals surface area contributed by atoms with Gasteiger partial charge in [0, 0.05) is 5.56 Å². The predicted molar refractivity (Wildman–Crippen MR) is 132 cm³/mol. The summed E-state index contributed by atoms with van der Waals surface area (Å²) in [5.41, 5.74) is 2.40. The first kappa shape index (κ1) is 25.6. The third kappa shape index (κ3) is 6.08. The molecule has 6 nitrogen and oxygen atoms in total. The van der Waals surface area contributed by atoms with E-state index in [1.807, 2.05) is 88.4 Å². The smallest absolute Gasteiger partial charge is 0.354 e. The number of benzene rings is 3. The summed E-state index contributed by atoms with van der Waals surface area (Å²) < 4.78 is 24.5. The Bertz CT molecular complexity index is 1010. The first-order chi connectivity index (χ1) is 16.5. The molecule has 0 aromatic heterocycles. The molecule has 0 heterocycles. The van der Waals surface area contributed by atoms with Crippen LogP contribution in [-0.4, -0.2) is 26.4 Å². The van der Waals surface area contributed by atoms with Crippen LogP contribution in [0.5, 0.6) is 17.2 Å². The highest BCUT2D eigenvalue weighted by Crippen LogP contribution is 2.47. The summed E-state index contributed by atoms with van der Waals surface area (Å²) in [5.74, 6) is -0.136. The molecule has 1 atom stereocenters. The molecule has 34 heavy (non-hydrogen) atoms. The van der Waals surface area contributed by atoms with Crippen molar-refractivity contribution >= 4 is 0 Å². The van der Waals surface area contributed by atoms with Crippen molar-refractivity contribution in [2.24, 2.45) is 0 Å². The van der Waals surface area contributed by atoms with Crippen LogP contribution in [0.3, 0.4) is 0 Å². The Hall–Kier alpha value is -3.06. The van der Waals surface area contributed by atoms with Crippen molar-refractivity contribution in [1.29, 1.82) is 0 Å². The first-order valence-corrected chi connectivity index (χ1v) is 11.7. The van der Waals surface area contributed by atoms with Crippen LogP contribution in [0.25, 0.3) is 11.1 Å². The Balaban J connectivity index is 2.17. The van der Waals surface area contributed by atoms with Crippen molar-refractivity contribution in [3.8, 4) is 28.4 Å². The standard InChI is InChI=1S/C28H34O6/c1-6-20-31-28(32-21(3)4,34-33-23-16-12-9-13-17-23)25-19-18-24(22-14-10-8-11-15-22)26(29-5)27(25)30-7-2/h8-19,21H,6-7,20H2,1-5H3. The van der Waals surface area contributed by atoms with Crippen molar-refractivity contribution in [3.05, 3.63) is 78.4 Å². The Kier molecular flexibility index (Phi) is 9.33. The van der Waals surface area contributed by atoms with Crippen LogP contribution in [0, 0.1) is 0 Å². The third-order valence-corrected chi connectivity index (χ3v) is 4.90. The quantitative estimate of drug-likeness (QED) is 0.158. The van der Waals surface area contributed by atoms with Crippen molar-refractivity contribution < 1.29 is 28.7 Å². The molecule has 0 saturated carbocycles. The SMILES string of the molecule is CCCOC(OOc1ccccc1)(OC(C)C)c1ccc(-c2ccccc2)c(OC)c1OCC. The van der Waals surface area contributed by atoms with E-state index in [2.05, 4.69) is 0 Å². The minimum absolute atomic E-state index is 0.245. The normalized spacial score (nSPS) is 12.9. The van der Waals surface area contributed by atoms with Crippen LogP contribution in [-0.2, 0) is 20.3 Å². The second-order valence-electron chi connectivity index (χ2n) is 7.87. The zero-order valence-electron chi connectivity index (χ0n) is 20.6. The largest absolute Gasteiger partial charge is 0.492 e. The van der Waals surface area contributed by atoms with E-state index in [4.69, 9.17) is 28.7 Å². The number of ether oxygens (including phenoxy) is 4. The van der Waals surface area contributed by atoms with Crippen molar-refractivity contribution in [1.82, 2.24) is 0 Å². The molecule has 0 amide bonds. The lowest BCUT2D eigenvalue weighted by molar-refractivity contribution is -0.493. The topological polar surface area (TPSA) is 55.4 Å². The lowest BCUT2D eigenvalue weighted by Crippen LogP contribution is -2.40. The average molecular weight is 467 g/mol. The Morgan fingerprint density at radius 1 is 0.824 bits per heavy atom. The molecule has 0 aliphatic carbocycles. The molecule has 3 aromatic rings. The molecule has 0 radical (unpaired) electrons. The molecule has 3 rings (SSSR count).